The predicted octanol–water partition coefficient (Wildman–Crippen LogP) is 5.50. The lowest BCUT2D eigenvalue weighted by Gasteiger charge is -2.10. The van der Waals surface area contributed by atoms with E-state index in [2.05, 4.69) is 79.8 Å². The SMILES string of the molecule is Cc1ccc([S+](c2ccc(C)cc2)c2ccc(C(=O)NCCCCC=O)cc2)cc1. The van der Waals surface area contributed by atoms with Gasteiger partial charge in [-0.1, -0.05) is 35.4 Å². The van der Waals surface area contributed by atoms with Crippen molar-refractivity contribution < 1.29 is 9.59 Å². The third-order valence-electron chi connectivity index (χ3n) is 4.90. The fraction of sp³-hybridized carbons (Fsp3) is 0.231. The molecule has 3 rings (SSSR count). The maximum atomic E-state index is 12.4. The minimum atomic E-state index is -0.227. The van der Waals surface area contributed by atoms with Gasteiger partial charge in [-0.15, -0.1) is 0 Å². The van der Waals surface area contributed by atoms with E-state index in [1.165, 1.54) is 25.8 Å². The Balaban J connectivity index is 1.80. The van der Waals surface area contributed by atoms with Crippen molar-refractivity contribution in [2.45, 2.75) is 47.8 Å². The molecule has 4 heteroatoms. The van der Waals surface area contributed by atoms with Gasteiger partial charge in [0, 0.05) is 18.5 Å². The van der Waals surface area contributed by atoms with Crippen molar-refractivity contribution in [1.82, 2.24) is 5.32 Å². The number of nitrogens with one attached hydrogen (secondary N) is 1. The van der Waals surface area contributed by atoms with Crippen molar-refractivity contribution in [3.05, 3.63) is 89.5 Å². The Morgan fingerprint density at radius 2 is 1.23 bits per heavy atom. The summed E-state index contributed by atoms with van der Waals surface area (Å²) in [4.78, 5) is 26.5. The van der Waals surface area contributed by atoms with E-state index in [0.717, 1.165) is 19.1 Å². The number of hydrogen-bond acceptors (Lipinski definition) is 2. The largest absolute Gasteiger partial charge is 0.352 e. The lowest BCUT2D eigenvalue weighted by molar-refractivity contribution is -0.107. The molecule has 0 saturated carbocycles. The Labute approximate surface area is 181 Å². The molecule has 0 aromatic heterocycles. The highest BCUT2D eigenvalue weighted by atomic mass is 32.2. The van der Waals surface area contributed by atoms with Crippen molar-refractivity contribution in [2.75, 3.05) is 6.54 Å². The number of hydrogen-bond donors (Lipinski definition) is 1. The topological polar surface area (TPSA) is 46.2 Å². The van der Waals surface area contributed by atoms with Crippen LogP contribution in [-0.4, -0.2) is 18.7 Å². The zero-order chi connectivity index (χ0) is 21.3. The maximum Gasteiger partial charge on any atom is 0.251 e. The molecule has 0 unspecified atom stereocenters. The number of benzene rings is 3. The molecule has 0 saturated heterocycles. The average molecular weight is 419 g/mol. The van der Waals surface area contributed by atoms with Crippen LogP contribution in [0.5, 0.6) is 0 Å². The van der Waals surface area contributed by atoms with Gasteiger partial charge in [0.2, 0.25) is 0 Å². The number of carbonyl (C=O) groups excluding carboxylic acids is 2. The van der Waals surface area contributed by atoms with Crippen LogP contribution in [0.3, 0.4) is 0 Å². The second kappa shape index (κ2) is 10.8. The van der Waals surface area contributed by atoms with E-state index in [1.807, 2.05) is 12.1 Å². The number of aldehydes is 1. The summed E-state index contributed by atoms with van der Waals surface area (Å²) in [7, 11) is -0.227. The van der Waals surface area contributed by atoms with E-state index in [0.29, 0.717) is 18.5 Å². The first-order valence-electron chi connectivity index (χ1n) is 10.3. The van der Waals surface area contributed by atoms with Crippen LogP contribution in [0.1, 0.15) is 40.7 Å². The van der Waals surface area contributed by atoms with Crippen LogP contribution in [0, 0.1) is 13.8 Å². The Morgan fingerprint density at radius 1 is 0.767 bits per heavy atom. The quantitative estimate of drug-likeness (QED) is 0.283. The normalized spacial score (nSPS) is 10.8. The molecule has 0 heterocycles. The first kappa shape index (κ1) is 21.8. The van der Waals surface area contributed by atoms with E-state index in [-0.39, 0.29) is 16.8 Å². The molecule has 0 fully saturated rings. The summed E-state index contributed by atoms with van der Waals surface area (Å²) >= 11 is 0. The lowest BCUT2D eigenvalue weighted by Crippen LogP contribution is -2.24. The highest BCUT2D eigenvalue weighted by Gasteiger charge is 2.28. The van der Waals surface area contributed by atoms with Gasteiger partial charge in [0.1, 0.15) is 6.29 Å². The number of unbranched alkanes of at least 4 members (excludes halogenated alkanes) is 2. The third kappa shape index (κ3) is 5.83. The molecule has 0 radical (unpaired) electrons. The molecule has 0 aliphatic carbocycles. The molecule has 1 N–H and O–H groups in total. The van der Waals surface area contributed by atoms with E-state index in [4.69, 9.17) is 0 Å². The molecule has 3 aromatic rings. The lowest BCUT2D eigenvalue weighted by atomic mass is 10.2. The number of rotatable bonds is 9. The number of aryl methyl sites for hydroxylation is 2. The molecule has 154 valence electrons. The monoisotopic (exact) mass is 418 g/mol. The average Bonchev–Trinajstić information content (AvgIpc) is 2.77. The predicted molar refractivity (Wildman–Crippen MR) is 123 cm³/mol. The Morgan fingerprint density at radius 3 is 1.70 bits per heavy atom. The first-order valence-corrected chi connectivity index (χ1v) is 11.5. The van der Waals surface area contributed by atoms with Gasteiger partial charge in [0.25, 0.3) is 5.91 Å². The molecule has 0 bridgehead atoms. The van der Waals surface area contributed by atoms with E-state index in [1.54, 1.807) is 0 Å². The van der Waals surface area contributed by atoms with Crippen LogP contribution in [0.4, 0.5) is 0 Å². The second-order valence-electron chi connectivity index (χ2n) is 7.38. The van der Waals surface area contributed by atoms with Crippen LogP contribution in [-0.2, 0) is 15.7 Å². The molecule has 0 spiro atoms. The molecule has 1 amide bonds. The highest BCUT2D eigenvalue weighted by molar-refractivity contribution is 7.97. The van der Waals surface area contributed by atoms with Gasteiger partial charge < -0.3 is 10.1 Å². The van der Waals surface area contributed by atoms with E-state index >= 15 is 0 Å². The van der Waals surface area contributed by atoms with Crippen LogP contribution in [0.2, 0.25) is 0 Å². The summed E-state index contributed by atoms with van der Waals surface area (Å²) in [6, 6.07) is 25.3. The fourth-order valence-electron chi connectivity index (χ4n) is 3.16. The van der Waals surface area contributed by atoms with Gasteiger partial charge in [0.05, 0.1) is 10.9 Å². The molecule has 0 atom stereocenters. The van der Waals surface area contributed by atoms with Gasteiger partial charge in [-0.3, -0.25) is 4.79 Å². The number of carbonyl (C=O) groups is 2. The summed E-state index contributed by atoms with van der Waals surface area (Å²) in [5, 5.41) is 2.93. The highest BCUT2D eigenvalue weighted by Crippen LogP contribution is 2.31. The van der Waals surface area contributed by atoms with Gasteiger partial charge >= 0.3 is 0 Å². The maximum absolute atomic E-state index is 12.4. The molecule has 3 nitrogen and oxygen atoms in total. The zero-order valence-corrected chi connectivity index (χ0v) is 18.4. The minimum Gasteiger partial charge on any atom is -0.352 e. The smallest absolute Gasteiger partial charge is 0.251 e. The molecule has 0 aliphatic heterocycles. The van der Waals surface area contributed by atoms with Crippen molar-refractivity contribution in [3.8, 4) is 0 Å². The van der Waals surface area contributed by atoms with Gasteiger partial charge in [-0.2, -0.15) is 0 Å². The van der Waals surface area contributed by atoms with Gasteiger partial charge in [-0.25, -0.2) is 0 Å². The molecular formula is C26H28NO2S+. The molecular weight excluding hydrogens is 390 g/mol. The first-order chi connectivity index (χ1) is 14.6. The zero-order valence-electron chi connectivity index (χ0n) is 17.6. The van der Waals surface area contributed by atoms with Crippen molar-refractivity contribution in [1.29, 1.82) is 0 Å². The van der Waals surface area contributed by atoms with Crippen LogP contribution < -0.4 is 5.32 Å². The number of amides is 1. The Kier molecular flexibility index (Phi) is 7.86. The van der Waals surface area contributed by atoms with Crippen molar-refractivity contribution >= 4 is 23.1 Å². The van der Waals surface area contributed by atoms with Crippen LogP contribution in [0.25, 0.3) is 0 Å². The minimum absolute atomic E-state index is 0.0711. The molecule has 3 aromatic carbocycles. The third-order valence-corrected chi connectivity index (χ3v) is 7.13. The second-order valence-corrected chi connectivity index (χ2v) is 9.40. The van der Waals surface area contributed by atoms with Gasteiger partial charge in [-0.05, 0) is 75.2 Å². The fourth-order valence-corrected chi connectivity index (χ4v) is 5.20. The molecule has 0 aliphatic rings. The van der Waals surface area contributed by atoms with Crippen molar-refractivity contribution in [2.24, 2.45) is 0 Å². The van der Waals surface area contributed by atoms with Crippen LogP contribution in [0.15, 0.2) is 87.5 Å². The standard InChI is InChI=1S/C26H27NO2S/c1-20-6-12-23(13-7-20)30(24-14-8-21(2)9-15-24)25-16-10-22(11-17-25)26(29)27-18-4-3-5-19-28/h6-17,19H,3-5,18H2,1-2H3/p+1. The van der Waals surface area contributed by atoms with E-state index < -0.39 is 0 Å². The summed E-state index contributed by atoms with van der Waals surface area (Å²) < 4.78 is 0. The Bertz CT molecular complexity index is 918. The summed E-state index contributed by atoms with van der Waals surface area (Å²) in [5.41, 5.74) is 3.14. The molecule has 30 heavy (non-hydrogen) atoms. The Hall–Kier alpha value is -2.85. The van der Waals surface area contributed by atoms with Crippen LogP contribution >= 0.6 is 0 Å². The van der Waals surface area contributed by atoms with Gasteiger partial charge in [0.15, 0.2) is 14.7 Å². The summed E-state index contributed by atoms with van der Waals surface area (Å²) in [6.45, 7) is 4.78. The summed E-state index contributed by atoms with van der Waals surface area (Å²) in [5.74, 6) is -0.0711. The van der Waals surface area contributed by atoms with Crippen molar-refractivity contribution in [3.63, 3.8) is 0 Å². The van der Waals surface area contributed by atoms with E-state index in [9.17, 15) is 9.59 Å². The summed E-state index contributed by atoms with van der Waals surface area (Å²) in [6.07, 6.45) is 3.08.